The summed E-state index contributed by atoms with van der Waals surface area (Å²) in [7, 11) is 0. The van der Waals surface area contributed by atoms with Gasteiger partial charge in [0.05, 0.1) is 5.54 Å². The molecular weight excluding hydrogens is 195 g/mol. The summed E-state index contributed by atoms with van der Waals surface area (Å²) in [4.78, 5) is 11.2. The third-order valence-electron chi connectivity index (χ3n) is 2.77. The van der Waals surface area contributed by atoms with Crippen LogP contribution in [0.3, 0.4) is 0 Å². The first kappa shape index (κ1) is 9.96. The Morgan fingerprint density at radius 2 is 2.13 bits per heavy atom. The molecule has 1 saturated heterocycles. The van der Waals surface area contributed by atoms with Crippen LogP contribution in [0.4, 0.5) is 9.18 Å². The van der Waals surface area contributed by atoms with Gasteiger partial charge in [0.25, 0.3) is 0 Å². The fourth-order valence-electron chi connectivity index (χ4n) is 1.89. The number of carbonyl (C=O) groups is 1. The van der Waals surface area contributed by atoms with E-state index in [0.29, 0.717) is 18.5 Å². The Morgan fingerprint density at radius 3 is 2.80 bits per heavy atom. The van der Waals surface area contributed by atoms with Gasteiger partial charge in [-0.2, -0.15) is 0 Å². The van der Waals surface area contributed by atoms with Crippen LogP contribution < -0.4 is 10.6 Å². The van der Waals surface area contributed by atoms with Crippen LogP contribution in [-0.2, 0) is 5.54 Å². The van der Waals surface area contributed by atoms with Gasteiger partial charge >= 0.3 is 6.03 Å². The molecule has 1 aromatic carbocycles. The minimum Gasteiger partial charge on any atom is -0.338 e. The predicted molar refractivity (Wildman–Crippen MR) is 54.9 cm³/mol. The molecule has 0 aliphatic carbocycles. The molecule has 2 amide bonds. The average Bonchev–Trinajstić information content (AvgIpc) is 2.17. The number of carbonyl (C=O) groups excluding carboxylic acids is 1. The fourth-order valence-corrected chi connectivity index (χ4v) is 1.89. The molecule has 3 nitrogen and oxygen atoms in total. The van der Waals surface area contributed by atoms with Gasteiger partial charge in [0.15, 0.2) is 0 Å². The van der Waals surface area contributed by atoms with Crippen molar-refractivity contribution in [2.75, 3.05) is 6.54 Å². The van der Waals surface area contributed by atoms with E-state index in [9.17, 15) is 9.18 Å². The van der Waals surface area contributed by atoms with Gasteiger partial charge in [-0.05, 0) is 19.4 Å². The molecule has 0 spiro atoms. The fraction of sp³-hybridized carbons (Fsp3) is 0.364. The number of benzene rings is 1. The van der Waals surface area contributed by atoms with Crippen molar-refractivity contribution in [3.8, 4) is 0 Å². The molecule has 0 aromatic heterocycles. The first-order valence-electron chi connectivity index (χ1n) is 4.93. The van der Waals surface area contributed by atoms with Gasteiger partial charge in [0.1, 0.15) is 5.82 Å². The second-order valence-corrected chi connectivity index (χ2v) is 3.94. The van der Waals surface area contributed by atoms with E-state index < -0.39 is 5.54 Å². The first-order chi connectivity index (χ1) is 7.12. The maximum atomic E-state index is 13.6. The Morgan fingerprint density at radius 1 is 1.40 bits per heavy atom. The molecule has 1 aromatic rings. The second-order valence-electron chi connectivity index (χ2n) is 3.94. The summed E-state index contributed by atoms with van der Waals surface area (Å²) < 4.78 is 13.6. The van der Waals surface area contributed by atoms with E-state index in [2.05, 4.69) is 10.6 Å². The van der Waals surface area contributed by atoms with Crippen molar-refractivity contribution in [3.05, 3.63) is 35.6 Å². The van der Waals surface area contributed by atoms with Crippen LogP contribution in [0.15, 0.2) is 24.3 Å². The van der Waals surface area contributed by atoms with Crippen molar-refractivity contribution in [1.82, 2.24) is 10.6 Å². The maximum Gasteiger partial charge on any atom is 0.315 e. The van der Waals surface area contributed by atoms with Crippen LogP contribution in [0.2, 0.25) is 0 Å². The molecule has 0 radical (unpaired) electrons. The van der Waals surface area contributed by atoms with E-state index in [0.717, 1.165) is 0 Å². The molecule has 1 unspecified atom stereocenters. The third kappa shape index (κ3) is 1.79. The van der Waals surface area contributed by atoms with Crippen LogP contribution in [-0.4, -0.2) is 12.6 Å². The highest BCUT2D eigenvalue weighted by molar-refractivity contribution is 5.76. The van der Waals surface area contributed by atoms with Crippen LogP contribution in [0.25, 0.3) is 0 Å². The zero-order chi connectivity index (χ0) is 10.9. The third-order valence-corrected chi connectivity index (χ3v) is 2.77. The number of hydrogen-bond donors (Lipinski definition) is 2. The number of hydrogen-bond acceptors (Lipinski definition) is 1. The molecule has 1 fully saturated rings. The second kappa shape index (κ2) is 3.53. The Labute approximate surface area is 87.7 Å². The lowest BCUT2D eigenvalue weighted by Crippen LogP contribution is -2.55. The van der Waals surface area contributed by atoms with Crippen molar-refractivity contribution in [1.29, 1.82) is 0 Å². The molecule has 15 heavy (non-hydrogen) atoms. The Balaban J connectivity index is 2.36. The summed E-state index contributed by atoms with van der Waals surface area (Å²) in [6, 6.07) is 6.30. The molecule has 80 valence electrons. The SMILES string of the molecule is CC1(c2ccccc2F)CCNC(=O)N1. The van der Waals surface area contributed by atoms with Crippen LogP contribution in [0.1, 0.15) is 18.9 Å². The van der Waals surface area contributed by atoms with Gasteiger partial charge in [-0.15, -0.1) is 0 Å². The lowest BCUT2D eigenvalue weighted by molar-refractivity contribution is 0.210. The zero-order valence-corrected chi connectivity index (χ0v) is 8.51. The van der Waals surface area contributed by atoms with E-state index in [1.165, 1.54) is 6.07 Å². The number of nitrogens with one attached hydrogen (secondary N) is 2. The van der Waals surface area contributed by atoms with Gasteiger partial charge in [-0.3, -0.25) is 0 Å². The van der Waals surface area contributed by atoms with E-state index in [1.54, 1.807) is 18.2 Å². The molecule has 2 rings (SSSR count). The minimum absolute atomic E-state index is 0.244. The Kier molecular flexibility index (Phi) is 2.34. The average molecular weight is 208 g/mol. The van der Waals surface area contributed by atoms with Gasteiger partial charge in [0.2, 0.25) is 0 Å². The summed E-state index contributed by atoms with van der Waals surface area (Å²) in [5.74, 6) is -0.276. The first-order valence-corrected chi connectivity index (χ1v) is 4.93. The topological polar surface area (TPSA) is 41.1 Å². The van der Waals surface area contributed by atoms with E-state index in [1.807, 2.05) is 6.92 Å². The van der Waals surface area contributed by atoms with E-state index in [-0.39, 0.29) is 11.8 Å². The number of amides is 2. The van der Waals surface area contributed by atoms with Crippen molar-refractivity contribution in [3.63, 3.8) is 0 Å². The number of halogens is 1. The smallest absolute Gasteiger partial charge is 0.315 e. The highest BCUT2D eigenvalue weighted by atomic mass is 19.1. The monoisotopic (exact) mass is 208 g/mol. The van der Waals surface area contributed by atoms with Gasteiger partial charge < -0.3 is 10.6 Å². The summed E-state index contributed by atoms with van der Waals surface area (Å²) in [5.41, 5.74) is -0.0620. The lowest BCUT2D eigenvalue weighted by atomic mass is 9.87. The summed E-state index contributed by atoms with van der Waals surface area (Å²) in [6.07, 6.45) is 0.680. The number of rotatable bonds is 1. The van der Waals surface area contributed by atoms with Crippen molar-refractivity contribution < 1.29 is 9.18 Å². The van der Waals surface area contributed by atoms with Gasteiger partial charge in [0, 0.05) is 12.1 Å². The quantitative estimate of drug-likeness (QED) is 0.725. The zero-order valence-electron chi connectivity index (χ0n) is 8.51. The maximum absolute atomic E-state index is 13.6. The largest absolute Gasteiger partial charge is 0.338 e. The molecule has 1 aliphatic rings. The van der Waals surface area contributed by atoms with Gasteiger partial charge in [-0.1, -0.05) is 18.2 Å². The van der Waals surface area contributed by atoms with Crippen LogP contribution >= 0.6 is 0 Å². The van der Waals surface area contributed by atoms with Crippen molar-refractivity contribution >= 4 is 6.03 Å². The summed E-state index contributed by atoms with van der Waals surface area (Å²) >= 11 is 0. The number of urea groups is 1. The molecule has 0 saturated carbocycles. The normalized spacial score (nSPS) is 25.6. The van der Waals surface area contributed by atoms with Gasteiger partial charge in [-0.25, -0.2) is 9.18 Å². The lowest BCUT2D eigenvalue weighted by Gasteiger charge is -2.35. The molecule has 1 aliphatic heterocycles. The summed E-state index contributed by atoms with van der Waals surface area (Å²) in [5, 5.41) is 5.41. The molecular formula is C11H13FN2O. The highest BCUT2D eigenvalue weighted by Gasteiger charge is 2.33. The molecule has 1 heterocycles. The van der Waals surface area contributed by atoms with Crippen molar-refractivity contribution in [2.24, 2.45) is 0 Å². The van der Waals surface area contributed by atoms with Crippen LogP contribution in [0, 0.1) is 5.82 Å². The highest BCUT2D eigenvalue weighted by Crippen LogP contribution is 2.27. The molecule has 2 N–H and O–H groups in total. The minimum atomic E-state index is -0.603. The van der Waals surface area contributed by atoms with E-state index in [4.69, 9.17) is 0 Å². The Bertz CT molecular complexity index is 394. The van der Waals surface area contributed by atoms with Crippen LogP contribution in [0.5, 0.6) is 0 Å². The van der Waals surface area contributed by atoms with E-state index >= 15 is 0 Å². The Hall–Kier alpha value is -1.58. The predicted octanol–water partition coefficient (Wildman–Crippen LogP) is 1.74. The standard InChI is InChI=1S/C11H13FN2O/c1-11(6-7-13-10(15)14-11)8-4-2-3-5-9(8)12/h2-5H,6-7H2,1H3,(H2,13,14,15). The molecule has 0 bridgehead atoms. The molecule has 4 heteroatoms. The summed E-state index contributed by atoms with van der Waals surface area (Å²) in [6.45, 7) is 2.40. The molecule has 1 atom stereocenters. The van der Waals surface area contributed by atoms with Crippen molar-refractivity contribution in [2.45, 2.75) is 18.9 Å².